The molecule has 18 heavy (non-hydrogen) atoms. The standard InChI is InChI=1S/C17H21I/c1-5-6-15(18)11-14-10-13-8-7-12(2)9-16(13)17(14,3)4/h5-6,9,11H,1,7-8,10H2,2-4H3/b14-11+,15-6+. The highest BCUT2D eigenvalue weighted by molar-refractivity contribution is 14.1. The summed E-state index contributed by atoms with van der Waals surface area (Å²) < 4.78 is 1.27. The quantitative estimate of drug-likeness (QED) is 0.430. The third-order valence-electron chi connectivity index (χ3n) is 4.06. The molecule has 0 aromatic carbocycles. The Balaban J connectivity index is 2.37. The van der Waals surface area contributed by atoms with Gasteiger partial charge in [0, 0.05) is 8.99 Å². The number of halogens is 1. The molecule has 0 amide bonds. The number of rotatable bonds is 2. The fourth-order valence-corrected chi connectivity index (χ4v) is 3.52. The maximum atomic E-state index is 3.76. The molecule has 0 bridgehead atoms. The summed E-state index contributed by atoms with van der Waals surface area (Å²) >= 11 is 2.39. The lowest BCUT2D eigenvalue weighted by Crippen LogP contribution is -2.13. The van der Waals surface area contributed by atoms with Gasteiger partial charge < -0.3 is 0 Å². The highest BCUT2D eigenvalue weighted by Gasteiger charge is 2.36. The third-order valence-corrected chi connectivity index (χ3v) is 4.73. The summed E-state index contributed by atoms with van der Waals surface area (Å²) in [5.41, 5.74) is 6.49. The van der Waals surface area contributed by atoms with Gasteiger partial charge in [-0.15, -0.1) is 0 Å². The van der Waals surface area contributed by atoms with E-state index < -0.39 is 0 Å². The molecule has 0 N–H and O–H groups in total. The highest BCUT2D eigenvalue weighted by Crippen LogP contribution is 2.51. The van der Waals surface area contributed by atoms with Crippen molar-refractivity contribution in [1.29, 1.82) is 0 Å². The van der Waals surface area contributed by atoms with Crippen LogP contribution in [0.15, 0.2) is 56.8 Å². The number of allylic oxidation sites excluding steroid dienone is 9. The van der Waals surface area contributed by atoms with Crippen LogP contribution in [0.4, 0.5) is 0 Å². The zero-order chi connectivity index (χ0) is 13.3. The van der Waals surface area contributed by atoms with E-state index in [1.54, 1.807) is 16.7 Å². The molecule has 2 aliphatic rings. The summed E-state index contributed by atoms with van der Waals surface area (Å²) in [6, 6.07) is 0. The van der Waals surface area contributed by atoms with Crippen LogP contribution < -0.4 is 0 Å². The molecule has 1 heteroatoms. The van der Waals surface area contributed by atoms with Gasteiger partial charge in [0.25, 0.3) is 0 Å². The average Bonchev–Trinajstić information content (AvgIpc) is 2.52. The van der Waals surface area contributed by atoms with E-state index in [0.717, 1.165) is 6.42 Å². The average molecular weight is 352 g/mol. The van der Waals surface area contributed by atoms with Crippen LogP contribution in [-0.2, 0) is 0 Å². The fourth-order valence-electron chi connectivity index (χ4n) is 2.89. The van der Waals surface area contributed by atoms with E-state index in [2.05, 4.69) is 68.2 Å². The minimum absolute atomic E-state index is 0.197. The Hall–Kier alpha value is -0.570. The zero-order valence-electron chi connectivity index (χ0n) is 11.5. The second-order valence-corrected chi connectivity index (χ2v) is 7.01. The Morgan fingerprint density at radius 1 is 1.39 bits per heavy atom. The molecule has 0 spiro atoms. The molecule has 2 rings (SSSR count). The molecule has 0 saturated carbocycles. The molecular weight excluding hydrogens is 331 g/mol. The van der Waals surface area contributed by atoms with Crippen LogP contribution in [-0.4, -0.2) is 0 Å². The summed E-state index contributed by atoms with van der Waals surface area (Å²) in [6.45, 7) is 10.7. The topological polar surface area (TPSA) is 0 Å². The summed E-state index contributed by atoms with van der Waals surface area (Å²) in [6.07, 6.45) is 12.3. The van der Waals surface area contributed by atoms with Crippen molar-refractivity contribution >= 4 is 22.6 Å². The van der Waals surface area contributed by atoms with Gasteiger partial charge in [0.2, 0.25) is 0 Å². The predicted molar refractivity (Wildman–Crippen MR) is 88.8 cm³/mol. The summed E-state index contributed by atoms with van der Waals surface area (Å²) in [5.74, 6) is 0. The number of hydrogen-bond donors (Lipinski definition) is 0. The Morgan fingerprint density at radius 2 is 2.11 bits per heavy atom. The van der Waals surface area contributed by atoms with Crippen LogP contribution in [0.2, 0.25) is 0 Å². The molecule has 0 unspecified atom stereocenters. The molecule has 0 aliphatic heterocycles. The van der Waals surface area contributed by atoms with E-state index in [0.29, 0.717) is 0 Å². The summed E-state index contributed by atoms with van der Waals surface area (Å²) in [7, 11) is 0. The monoisotopic (exact) mass is 352 g/mol. The van der Waals surface area contributed by atoms with Crippen LogP contribution in [0, 0.1) is 5.41 Å². The van der Waals surface area contributed by atoms with Crippen molar-refractivity contribution in [2.75, 3.05) is 0 Å². The van der Waals surface area contributed by atoms with Crippen LogP contribution in [0.1, 0.15) is 40.0 Å². The van der Waals surface area contributed by atoms with E-state index in [1.165, 1.54) is 22.0 Å². The SMILES string of the molecule is C=C/C=C(I)\C=C1/CC2=C(C=C(C)CC2)C1(C)C. The van der Waals surface area contributed by atoms with Crippen LogP contribution in [0.25, 0.3) is 0 Å². The van der Waals surface area contributed by atoms with Crippen molar-refractivity contribution in [3.05, 3.63) is 56.8 Å². The molecule has 0 fully saturated rings. The second kappa shape index (κ2) is 5.20. The van der Waals surface area contributed by atoms with E-state index in [4.69, 9.17) is 0 Å². The maximum absolute atomic E-state index is 3.76. The van der Waals surface area contributed by atoms with Gasteiger partial charge >= 0.3 is 0 Å². The van der Waals surface area contributed by atoms with Gasteiger partial charge in [0.05, 0.1) is 0 Å². The summed E-state index contributed by atoms with van der Waals surface area (Å²) in [5, 5.41) is 0. The summed E-state index contributed by atoms with van der Waals surface area (Å²) in [4.78, 5) is 0. The normalized spacial score (nSPS) is 25.2. The zero-order valence-corrected chi connectivity index (χ0v) is 13.7. The number of hydrogen-bond acceptors (Lipinski definition) is 0. The lowest BCUT2D eigenvalue weighted by Gasteiger charge is -2.25. The molecular formula is C17H21I. The van der Waals surface area contributed by atoms with E-state index in [9.17, 15) is 0 Å². The first-order chi connectivity index (χ1) is 8.45. The Kier molecular flexibility index (Phi) is 4.00. The van der Waals surface area contributed by atoms with Crippen molar-refractivity contribution in [2.24, 2.45) is 5.41 Å². The van der Waals surface area contributed by atoms with Gasteiger partial charge in [-0.2, -0.15) is 0 Å². The van der Waals surface area contributed by atoms with E-state index in [1.807, 2.05) is 6.08 Å². The minimum atomic E-state index is 0.197. The fraction of sp³-hybridized carbons (Fsp3) is 0.412. The predicted octanol–water partition coefficient (Wildman–Crippen LogP) is 5.88. The smallest absolute Gasteiger partial charge is 0.0130 e. The molecule has 96 valence electrons. The van der Waals surface area contributed by atoms with Crippen LogP contribution in [0.5, 0.6) is 0 Å². The van der Waals surface area contributed by atoms with Gasteiger partial charge in [-0.1, -0.05) is 49.3 Å². The van der Waals surface area contributed by atoms with Gasteiger partial charge in [-0.25, -0.2) is 0 Å². The van der Waals surface area contributed by atoms with Crippen molar-refractivity contribution in [3.63, 3.8) is 0 Å². The molecule has 0 atom stereocenters. The first-order valence-corrected chi connectivity index (χ1v) is 7.62. The largest absolute Gasteiger partial charge is 0.0990 e. The molecule has 0 radical (unpaired) electrons. The lowest BCUT2D eigenvalue weighted by molar-refractivity contribution is 0.565. The Bertz CT molecular complexity index is 496. The van der Waals surface area contributed by atoms with Crippen molar-refractivity contribution in [2.45, 2.75) is 40.0 Å². The first kappa shape index (κ1) is 13.9. The van der Waals surface area contributed by atoms with Gasteiger partial charge in [-0.3, -0.25) is 0 Å². The molecule has 2 aliphatic carbocycles. The van der Waals surface area contributed by atoms with Gasteiger partial charge in [-0.05, 0) is 66.5 Å². The highest BCUT2D eigenvalue weighted by atomic mass is 127. The van der Waals surface area contributed by atoms with Gasteiger partial charge in [0.15, 0.2) is 0 Å². The van der Waals surface area contributed by atoms with Crippen LogP contribution >= 0.6 is 22.6 Å². The molecule has 0 aromatic heterocycles. The van der Waals surface area contributed by atoms with Crippen molar-refractivity contribution < 1.29 is 0 Å². The third kappa shape index (κ3) is 2.56. The second-order valence-electron chi connectivity index (χ2n) is 5.77. The Labute approximate surface area is 124 Å². The van der Waals surface area contributed by atoms with Gasteiger partial charge in [0.1, 0.15) is 0 Å². The molecule has 0 heterocycles. The maximum Gasteiger partial charge on any atom is 0.0130 e. The minimum Gasteiger partial charge on any atom is -0.0990 e. The Morgan fingerprint density at radius 3 is 2.78 bits per heavy atom. The first-order valence-electron chi connectivity index (χ1n) is 6.54. The molecule has 0 saturated heterocycles. The lowest BCUT2D eigenvalue weighted by atomic mass is 9.79. The molecule has 0 aromatic rings. The van der Waals surface area contributed by atoms with Crippen molar-refractivity contribution in [3.8, 4) is 0 Å². The van der Waals surface area contributed by atoms with E-state index >= 15 is 0 Å². The molecule has 0 nitrogen and oxygen atoms in total. The van der Waals surface area contributed by atoms with Crippen LogP contribution in [0.3, 0.4) is 0 Å². The van der Waals surface area contributed by atoms with Crippen molar-refractivity contribution in [1.82, 2.24) is 0 Å². The van der Waals surface area contributed by atoms with E-state index in [-0.39, 0.29) is 5.41 Å².